The van der Waals surface area contributed by atoms with E-state index < -0.39 is 6.10 Å². The molecule has 0 aromatic heterocycles. The molecular weight excluding hydrogens is 310 g/mol. The van der Waals surface area contributed by atoms with Crippen LogP contribution in [0.15, 0.2) is 57.9 Å². The van der Waals surface area contributed by atoms with Gasteiger partial charge in [-0.3, -0.25) is 0 Å². The number of benzene rings is 2. The first kappa shape index (κ1) is 13.5. The number of aliphatic hydroxyl groups is 1. The van der Waals surface area contributed by atoms with Crippen molar-refractivity contribution in [3.05, 3.63) is 58.6 Å². The Balaban J connectivity index is 2.03. The minimum Gasteiger partial charge on any atom is -0.398 e. The molecule has 0 aliphatic rings. The lowest BCUT2D eigenvalue weighted by molar-refractivity contribution is 0.205. The molecule has 0 saturated heterocycles. The Kier molecular flexibility index (Phi) is 4.69. The van der Waals surface area contributed by atoms with E-state index in [1.807, 2.05) is 48.5 Å². The van der Waals surface area contributed by atoms with Crippen molar-refractivity contribution in [2.75, 3.05) is 11.5 Å². The first-order valence-corrected chi connectivity index (χ1v) is 7.36. The summed E-state index contributed by atoms with van der Waals surface area (Å²) in [4.78, 5) is 1.12. The summed E-state index contributed by atoms with van der Waals surface area (Å²) >= 11 is 5.10. The van der Waals surface area contributed by atoms with E-state index in [0.717, 1.165) is 14.9 Å². The molecule has 0 radical (unpaired) electrons. The molecule has 0 fully saturated rings. The molecule has 0 aliphatic carbocycles. The Hall–Kier alpha value is -0.970. The number of rotatable bonds is 4. The first-order chi connectivity index (χ1) is 8.68. The second kappa shape index (κ2) is 6.27. The predicted molar refractivity (Wildman–Crippen MR) is 80.7 cm³/mol. The normalized spacial score (nSPS) is 12.3. The molecule has 0 amide bonds. The van der Waals surface area contributed by atoms with E-state index in [1.54, 1.807) is 11.8 Å². The summed E-state index contributed by atoms with van der Waals surface area (Å²) in [6, 6.07) is 15.4. The molecule has 1 unspecified atom stereocenters. The van der Waals surface area contributed by atoms with Crippen LogP contribution in [0.25, 0.3) is 0 Å². The number of hydrogen-bond donors (Lipinski definition) is 2. The first-order valence-electron chi connectivity index (χ1n) is 5.58. The summed E-state index contributed by atoms with van der Waals surface area (Å²) in [6.07, 6.45) is -0.552. The molecule has 2 rings (SSSR count). The van der Waals surface area contributed by atoms with E-state index in [4.69, 9.17) is 5.73 Å². The highest BCUT2D eigenvalue weighted by atomic mass is 79.9. The Morgan fingerprint density at radius 2 is 1.78 bits per heavy atom. The van der Waals surface area contributed by atoms with Gasteiger partial charge in [-0.25, -0.2) is 0 Å². The number of anilines is 1. The largest absolute Gasteiger partial charge is 0.398 e. The van der Waals surface area contributed by atoms with Crippen molar-refractivity contribution in [2.45, 2.75) is 11.0 Å². The number of nitrogen functional groups attached to an aromatic ring is 1. The van der Waals surface area contributed by atoms with Gasteiger partial charge >= 0.3 is 0 Å². The maximum absolute atomic E-state index is 10.1. The van der Waals surface area contributed by atoms with Crippen LogP contribution in [0.1, 0.15) is 11.7 Å². The molecule has 18 heavy (non-hydrogen) atoms. The lowest BCUT2D eigenvalue weighted by atomic mass is 10.1. The molecule has 1 atom stereocenters. The number of thioether (sulfide) groups is 1. The molecule has 94 valence electrons. The molecular formula is C14H14BrNOS. The van der Waals surface area contributed by atoms with E-state index in [0.29, 0.717) is 11.4 Å². The Bertz CT molecular complexity index is 533. The van der Waals surface area contributed by atoms with Crippen LogP contribution in [0, 0.1) is 0 Å². The van der Waals surface area contributed by atoms with Gasteiger partial charge in [0.15, 0.2) is 0 Å². The summed E-state index contributed by atoms with van der Waals surface area (Å²) in [7, 11) is 0. The number of hydrogen-bond acceptors (Lipinski definition) is 3. The summed E-state index contributed by atoms with van der Waals surface area (Å²) in [5, 5.41) is 10.1. The van der Waals surface area contributed by atoms with Crippen LogP contribution in [0.3, 0.4) is 0 Å². The van der Waals surface area contributed by atoms with Gasteiger partial charge < -0.3 is 10.8 Å². The predicted octanol–water partition coefficient (Wildman–Crippen LogP) is 3.86. The lowest BCUT2D eigenvalue weighted by Gasteiger charge is -2.13. The highest BCUT2D eigenvalue weighted by molar-refractivity contribution is 9.10. The molecule has 0 heterocycles. The van der Waals surface area contributed by atoms with Crippen molar-refractivity contribution >= 4 is 33.4 Å². The Morgan fingerprint density at radius 1 is 1.11 bits per heavy atom. The van der Waals surface area contributed by atoms with Crippen LogP contribution < -0.4 is 5.73 Å². The second-order valence-corrected chi connectivity index (χ2v) is 5.80. The van der Waals surface area contributed by atoms with Crippen LogP contribution in [0.4, 0.5) is 5.69 Å². The average molecular weight is 324 g/mol. The van der Waals surface area contributed by atoms with Crippen LogP contribution >= 0.6 is 27.7 Å². The third-order valence-electron chi connectivity index (χ3n) is 2.59. The molecule has 2 aromatic rings. The monoisotopic (exact) mass is 323 g/mol. The van der Waals surface area contributed by atoms with Crippen molar-refractivity contribution in [3.63, 3.8) is 0 Å². The van der Waals surface area contributed by atoms with Gasteiger partial charge in [0.25, 0.3) is 0 Å². The van der Waals surface area contributed by atoms with Crippen LogP contribution in [-0.2, 0) is 0 Å². The zero-order valence-electron chi connectivity index (χ0n) is 9.71. The van der Waals surface area contributed by atoms with E-state index in [2.05, 4.69) is 15.9 Å². The quantitative estimate of drug-likeness (QED) is 0.663. The topological polar surface area (TPSA) is 46.2 Å². The number of aliphatic hydroxyl groups excluding tert-OH is 1. The molecule has 4 heteroatoms. The van der Waals surface area contributed by atoms with Gasteiger partial charge in [-0.2, -0.15) is 0 Å². The molecule has 0 aliphatic heterocycles. The molecule has 3 N–H and O–H groups in total. The van der Waals surface area contributed by atoms with Gasteiger partial charge in [-0.05, 0) is 34.1 Å². The van der Waals surface area contributed by atoms with Crippen LogP contribution in [0.2, 0.25) is 0 Å². The third-order valence-corrected chi connectivity index (χ3v) is 4.69. The van der Waals surface area contributed by atoms with Gasteiger partial charge in [-0.1, -0.05) is 30.3 Å². The smallest absolute Gasteiger partial charge is 0.0903 e. The molecule has 0 bridgehead atoms. The van der Waals surface area contributed by atoms with Crippen molar-refractivity contribution in [3.8, 4) is 0 Å². The van der Waals surface area contributed by atoms with E-state index in [-0.39, 0.29) is 0 Å². The van der Waals surface area contributed by atoms with Crippen LogP contribution in [-0.4, -0.2) is 10.9 Å². The van der Waals surface area contributed by atoms with Gasteiger partial charge in [0.2, 0.25) is 0 Å². The van der Waals surface area contributed by atoms with Gasteiger partial charge in [0, 0.05) is 26.4 Å². The maximum atomic E-state index is 10.1. The zero-order valence-corrected chi connectivity index (χ0v) is 12.1. The van der Waals surface area contributed by atoms with Crippen LogP contribution in [0.5, 0.6) is 0 Å². The standard InChI is InChI=1S/C14H14BrNOS/c15-11-6-2-4-8-14(11)18-9-13(17)10-5-1-3-7-12(10)16/h1-8,13,17H,9,16H2. The van der Waals surface area contributed by atoms with Crippen molar-refractivity contribution in [1.29, 1.82) is 0 Å². The lowest BCUT2D eigenvalue weighted by Crippen LogP contribution is -2.04. The minimum atomic E-state index is -0.552. The fraction of sp³-hybridized carbons (Fsp3) is 0.143. The van der Waals surface area contributed by atoms with Crippen molar-refractivity contribution < 1.29 is 5.11 Å². The minimum absolute atomic E-state index is 0.552. The summed E-state index contributed by atoms with van der Waals surface area (Å²) in [5.41, 5.74) is 7.27. The number of halogens is 1. The highest BCUT2D eigenvalue weighted by Crippen LogP contribution is 2.31. The zero-order chi connectivity index (χ0) is 13.0. The molecule has 2 nitrogen and oxygen atoms in total. The van der Waals surface area contributed by atoms with E-state index in [1.165, 1.54) is 0 Å². The SMILES string of the molecule is Nc1ccccc1C(O)CSc1ccccc1Br. The number of nitrogens with two attached hydrogens (primary N) is 1. The van der Waals surface area contributed by atoms with Gasteiger partial charge in [0.05, 0.1) is 6.10 Å². The number of para-hydroxylation sites is 1. The van der Waals surface area contributed by atoms with E-state index in [9.17, 15) is 5.11 Å². The maximum Gasteiger partial charge on any atom is 0.0903 e. The molecule has 2 aromatic carbocycles. The summed E-state index contributed by atoms with van der Waals surface area (Å²) < 4.78 is 1.04. The van der Waals surface area contributed by atoms with E-state index >= 15 is 0 Å². The third kappa shape index (κ3) is 3.28. The Labute approximate surface area is 119 Å². The Morgan fingerprint density at radius 3 is 2.50 bits per heavy atom. The van der Waals surface area contributed by atoms with Gasteiger partial charge in [-0.15, -0.1) is 11.8 Å². The van der Waals surface area contributed by atoms with Crippen molar-refractivity contribution in [2.24, 2.45) is 0 Å². The van der Waals surface area contributed by atoms with Crippen molar-refractivity contribution in [1.82, 2.24) is 0 Å². The average Bonchev–Trinajstić information content (AvgIpc) is 2.38. The second-order valence-electron chi connectivity index (χ2n) is 3.89. The summed E-state index contributed by atoms with van der Waals surface area (Å²) in [5.74, 6) is 0.580. The van der Waals surface area contributed by atoms with Gasteiger partial charge in [0.1, 0.15) is 0 Å². The molecule has 0 saturated carbocycles. The fourth-order valence-electron chi connectivity index (χ4n) is 1.63. The highest BCUT2D eigenvalue weighted by Gasteiger charge is 2.11. The summed E-state index contributed by atoms with van der Waals surface area (Å²) in [6.45, 7) is 0. The fourth-order valence-corrected chi connectivity index (χ4v) is 3.16. The molecule has 0 spiro atoms.